The molecule has 0 spiro atoms. The Morgan fingerprint density at radius 1 is 1.18 bits per heavy atom. The van der Waals surface area contributed by atoms with Crippen molar-refractivity contribution in [2.24, 2.45) is 0 Å². The molecule has 17 heavy (non-hydrogen) atoms. The van der Waals surface area contributed by atoms with Crippen molar-refractivity contribution >= 4 is 5.97 Å². The van der Waals surface area contributed by atoms with Crippen LogP contribution >= 0.6 is 0 Å². The van der Waals surface area contributed by atoms with Crippen molar-refractivity contribution in [3.63, 3.8) is 0 Å². The van der Waals surface area contributed by atoms with E-state index in [0.29, 0.717) is 24.4 Å². The summed E-state index contributed by atoms with van der Waals surface area (Å²) in [6, 6.07) is 9.41. The van der Waals surface area contributed by atoms with Gasteiger partial charge in [-0.05, 0) is 26.0 Å². The molecule has 0 aliphatic carbocycles. The van der Waals surface area contributed by atoms with E-state index in [1.807, 2.05) is 37.3 Å². The van der Waals surface area contributed by atoms with E-state index in [4.69, 9.17) is 9.47 Å². The summed E-state index contributed by atoms with van der Waals surface area (Å²) >= 11 is 0. The SMILES string of the molecule is CCOC(=O)C(C)=C(CC)Oc1ccccc1. The first kappa shape index (κ1) is 13.3. The van der Waals surface area contributed by atoms with Crippen molar-refractivity contribution < 1.29 is 14.3 Å². The van der Waals surface area contributed by atoms with Gasteiger partial charge in [0.2, 0.25) is 0 Å². The number of allylic oxidation sites excluding steroid dienone is 1. The van der Waals surface area contributed by atoms with E-state index in [1.165, 1.54) is 0 Å². The maximum absolute atomic E-state index is 11.6. The van der Waals surface area contributed by atoms with Crippen molar-refractivity contribution in [1.82, 2.24) is 0 Å². The molecule has 0 heterocycles. The van der Waals surface area contributed by atoms with Gasteiger partial charge in [0, 0.05) is 6.42 Å². The zero-order valence-electron chi connectivity index (χ0n) is 10.5. The summed E-state index contributed by atoms with van der Waals surface area (Å²) < 4.78 is 10.6. The number of para-hydroxylation sites is 1. The Morgan fingerprint density at radius 2 is 1.82 bits per heavy atom. The Labute approximate surface area is 102 Å². The van der Waals surface area contributed by atoms with Gasteiger partial charge in [-0.1, -0.05) is 25.1 Å². The fourth-order valence-electron chi connectivity index (χ4n) is 1.40. The third kappa shape index (κ3) is 3.94. The smallest absolute Gasteiger partial charge is 0.337 e. The van der Waals surface area contributed by atoms with Gasteiger partial charge in [0.1, 0.15) is 11.5 Å². The van der Waals surface area contributed by atoms with Gasteiger partial charge in [-0.25, -0.2) is 4.79 Å². The van der Waals surface area contributed by atoms with E-state index >= 15 is 0 Å². The largest absolute Gasteiger partial charge is 0.463 e. The number of benzene rings is 1. The second kappa shape index (κ2) is 6.74. The highest BCUT2D eigenvalue weighted by molar-refractivity contribution is 5.88. The highest BCUT2D eigenvalue weighted by Crippen LogP contribution is 2.18. The molecule has 3 heteroatoms. The number of hydrogen-bond donors (Lipinski definition) is 0. The van der Waals surface area contributed by atoms with Gasteiger partial charge in [-0.2, -0.15) is 0 Å². The van der Waals surface area contributed by atoms with Gasteiger partial charge in [-0.15, -0.1) is 0 Å². The molecular weight excluding hydrogens is 216 g/mol. The Balaban J connectivity index is 2.84. The number of esters is 1. The van der Waals surface area contributed by atoms with Crippen LogP contribution in [0.15, 0.2) is 41.7 Å². The lowest BCUT2D eigenvalue weighted by Gasteiger charge is -2.11. The zero-order chi connectivity index (χ0) is 12.7. The Kier molecular flexibility index (Phi) is 5.27. The van der Waals surface area contributed by atoms with Gasteiger partial charge in [-0.3, -0.25) is 0 Å². The van der Waals surface area contributed by atoms with Crippen LogP contribution in [0, 0.1) is 0 Å². The topological polar surface area (TPSA) is 35.5 Å². The van der Waals surface area contributed by atoms with Crippen LogP contribution in [0.3, 0.4) is 0 Å². The molecule has 0 aromatic heterocycles. The van der Waals surface area contributed by atoms with Crippen molar-refractivity contribution in [2.45, 2.75) is 27.2 Å². The first-order valence-corrected chi connectivity index (χ1v) is 5.78. The molecule has 0 fully saturated rings. The van der Waals surface area contributed by atoms with Crippen LogP contribution in [0.2, 0.25) is 0 Å². The van der Waals surface area contributed by atoms with Crippen LogP contribution < -0.4 is 4.74 Å². The molecule has 0 aliphatic heterocycles. The van der Waals surface area contributed by atoms with E-state index < -0.39 is 0 Å². The molecule has 0 bridgehead atoms. The maximum atomic E-state index is 11.6. The third-order valence-corrected chi connectivity index (χ3v) is 2.31. The molecule has 0 saturated heterocycles. The number of carbonyl (C=O) groups excluding carboxylic acids is 1. The van der Waals surface area contributed by atoms with E-state index in [9.17, 15) is 4.79 Å². The van der Waals surface area contributed by atoms with Crippen LogP contribution in [0.25, 0.3) is 0 Å². The minimum Gasteiger partial charge on any atom is -0.463 e. The minimum absolute atomic E-state index is 0.319. The quantitative estimate of drug-likeness (QED) is 0.445. The summed E-state index contributed by atoms with van der Waals surface area (Å²) in [6.45, 7) is 5.83. The van der Waals surface area contributed by atoms with Crippen molar-refractivity contribution in [1.29, 1.82) is 0 Å². The Hall–Kier alpha value is -1.77. The summed E-state index contributed by atoms with van der Waals surface area (Å²) in [5, 5.41) is 0. The second-order valence-corrected chi connectivity index (χ2v) is 3.54. The number of ether oxygens (including phenoxy) is 2. The molecule has 1 aromatic rings. The molecule has 0 amide bonds. The van der Waals surface area contributed by atoms with Gasteiger partial charge in [0.15, 0.2) is 0 Å². The molecule has 1 rings (SSSR count). The average Bonchev–Trinajstić information content (AvgIpc) is 2.36. The number of hydrogen-bond acceptors (Lipinski definition) is 3. The van der Waals surface area contributed by atoms with Gasteiger partial charge in [0.05, 0.1) is 12.2 Å². The average molecular weight is 234 g/mol. The van der Waals surface area contributed by atoms with Crippen LogP contribution in [0.4, 0.5) is 0 Å². The monoisotopic (exact) mass is 234 g/mol. The standard InChI is InChI=1S/C14H18O3/c1-4-13(11(3)14(15)16-5-2)17-12-9-7-6-8-10-12/h6-10H,4-5H2,1-3H3. The summed E-state index contributed by atoms with van der Waals surface area (Å²) in [5.74, 6) is 1.06. The third-order valence-electron chi connectivity index (χ3n) is 2.31. The molecule has 3 nitrogen and oxygen atoms in total. The predicted octanol–water partition coefficient (Wildman–Crippen LogP) is 3.31. The predicted molar refractivity (Wildman–Crippen MR) is 66.7 cm³/mol. The molecule has 0 unspecified atom stereocenters. The number of carbonyl (C=O) groups is 1. The molecule has 92 valence electrons. The maximum Gasteiger partial charge on any atom is 0.337 e. The highest BCUT2D eigenvalue weighted by atomic mass is 16.5. The van der Waals surface area contributed by atoms with Gasteiger partial charge in [0.25, 0.3) is 0 Å². The molecule has 0 aliphatic rings. The summed E-state index contributed by atoms with van der Waals surface area (Å²) in [5.41, 5.74) is 0.526. The first-order valence-electron chi connectivity index (χ1n) is 5.78. The van der Waals surface area contributed by atoms with Gasteiger partial charge < -0.3 is 9.47 Å². The normalized spacial score (nSPS) is 11.7. The summed E-state index contributed by atoms with van der Waals surface area (Å²) in [4.78, 5) is 11.6. The van der Waals surface area contributed by atoms with Crippen molar-refractivity contribution in [3.05, 3.63) is 41.7 Å². The van der Waals surface area contributed by atoms with Crippen LogP contribution in [0.1, 0.15) is 27.2 Å². The second-order valence-electron chi connectivity index (χ2n) is 3.54. The van der Waals surface area contributed by atoms with Crippen molar-refractivity contribution in [2.75, 3.05) is 6.61 Å². The van der Waals surface area contributed by atoms with E-state index in [-0.39, 0.29) is 5.97 Å². The summed E-state index contributed by atoms with van der Waals surface area (Å²) in [6.07, 6.45) is 0.652. The lowest BCUT2D eigenvalue weighted by molar-refractivity contribution is -0.138. The van der Waals surface area contributed by atoms with Crippen LogP contribution in [0.5, 0.6) is 5.75 Å². The zero-order valence-corrected chi connectivity index (χ0v) is 10.5. The molecule has 0 saturated carbocycles. The molecule has 0 atom stereocenters. The first-order chi connectivity index (χ1) is 8.19. The lowest BCUT2D eigenvalue weighted by atomic mass is 10.2. The van der Waals surface area contributed by atoms with E-state index in [2.05, 4.69) is 0 Å². The number of rotatable bonds is 5. The molecule has 1 aromatic carbocycles. The minimum atomic E-state index is -0.319. The van der Waals surface area contributed by atoms with Crippen LogP contribution in [-0.2, 0) is 9.53 Å². The van der Waals surface area contributed by atoms with Crippen LogP contribution in [-0.4, -0.2) is 12.6 Å². The Bertz CT molecular complexity index is 393. The fourth-order valence-corrected chi connectivity index (χ4v) is 1.40. The highest BCUT2D eigenvalue weighted by Gasteiger charge is 2.12. The summed E-state index contributed by atoms with van der Waals surface area (Å²) in [7, 11) is 0. The fraction of sp³-hybridized carbons (Fsp3) is 0.357. The lowest BCUT2D eigenvalue weighted by Crippen LogP contribution is -2.10. The van der Waals surface area contributed by atoms with E-state index in [1.54, 1.807) is 13.8 Å². The molecule has 0 radical (unpaired) electrons. The van der Waals surface area contributed by atoms with Crippen molar-refractivity contribution in [3.8, 4) is 5.75 Å². The van der Waals surface area contributed by atoms with Gasteiger partial charge >= 0.3 is 5.97 Å². The van der Waals surface area contributed by atoms with E-state index in [0.717, 1.165) is 5.75 Å². The molecule has 0 N–H and O–H groups in total. The Morgan fingerprint density at radius 3 is 2.35 bits per heavy atom. The molecular formula is C14H18O3.